The fourth-order valence-corrected chi connectivity index (χ4v) is 2.82. The van der Waals surface area contributed by atoms with Gasteiger partial charge in [-0.15, -0.1) is 24.0 Å². The summed E-state index contributed by atoms with van der Waals surface area (Å²) >= 11 is 6.06. The van der Waals surface area contributed by atoms with Gasteiger partial charge in [-0.3, -0.25) is 0 Å². The van der Waals surface area contributed by atoms with Crippen molar-refractivity contribution in [3.05, 3.63) is 35.9 Å². The molecule has 3 heteroatoms. The maximum absolute atomic E-state index is 6.06. The van der Waals surface area contributed by atoms with Crippen molar-refractivity contribution in [2.45, 2.75) is 12.3 Å². The lowest BCUT2D eigenvalue weighted by atomic mass is 9.82. The van der Waals surface area contributed by atoms with E-state index in [9.17, 15) is 0 Å². The number of benzene rings is 1. The highest BCUT2D eigenvalue weighted by Gasteiger charge is 2.27. The first-order valence-electron chi connectivity index (χ1n) is 5.60. The van der Waals surface area contributed by atoms with E-state index in [4.69, 9.17) is 11.6 Å². The minimum absolute atomic E-state index is 0. The zero-order valence-corrected chi connectivity index (χ0v) is 11.2. The van der Waals surface area contributed by atoms with Crippen molar-refractivity contribution in [2.24, 2.45) is 5.92 Å². The summed E-state index contributed by atoms with van der Waals surface area (Å²) in [4.78, 5) is 2.38. The first-order valence-corrected chi connectivity index (χ1v) is 6.14. The summed E-state index contributed by atoms with van der Waals surface area (Å²) in [6.07, 6.45) is 1.23. The Bertz CT molecular complexity index is 302. The predicted octanol–water partition coefficient (Wildman–Crippen LogP) is 3.38. The Morgan fingerprint density at radius 1 is 1.31 bits per heavy atom. The first-order chi connectivity index (χ1) is 7.31. The van der Waals surface area contributed by atoms with Crippen molar-refractivity contribution in [2.75, 3.05) is 26.0 Å². The minimum Gasteiger partial charge on any atom is -0.306 e. The van der Waals surface area contributed by atoms with Crippen molar-refractivity contribution in [1.29, 1.82) is 0 Å². The molecule has 1 aromatic rings. The normalized spacial score (nSPS) is 26.1. The number of halogens is 2. The average molecular weight is 260 g/mol. The van der Waals surface area contributed by atoms with Gasteiger partial charge in [-0.25, -0.2) is 0 Å². The lowest BCUT2D eigenvalue weighted by Gasteiger charge is -2.36. The number of likely N-dealkylation sites (tertiary alicyclic amines) is 1. The highest BCUT2D eigenvalue weighted by atomic mass is 35.5. The number of hydrogen-bond donors (Lipinski definition) is 0. The highest BCUT2D eigenvalue weighted by molar-refractivity contribution is 6.18. The van der Waals surface area contributed by atoms with E-state index in [2.05, 4.69) is 42.3 Å². The molecule has 0 aliphatic carbocycles. The predicted molar refractivity (Wildman–Crippen MR) is 72.8 cm³/mol. The van der Waals surface area contributed by atoms with Gasteiger partial charge in [-0.2, -0.15) is 0 Å². The molecule has 90 valence electrons. The van der Waals surface area contributed by atoms with Crippen LogP contribution in [0.4, 0.5) is 0 Å². The summed E-state index contributed by atoms with van der Waals surface area (Å²) < 4.78 is 0. The van der Waals surface area contributed by atoms with Gasteiger partial charge in [0.1, 0.15) is 0 Å². The van der Waals surface area contributed by atoms with Crippen molar-refractivity contribution >= 4 is 24.0 Å². The molecule has 1 saturated heterocycles. The van der Waals surface area contributed by atoms with E-state index in [1.807, 2.05) is 0 Å². The fourth-order valence-electron chi connectivity index (χ4n) is 2.51. The van der Waals surface area contributed by atoms with E-state index in [1.54, 1.807) is 0 Å². The second kappa shape index (κ2) is 6.48. The zero-order valence-electron chi connectivity index (χ0n) is 9.60. The van der Waals surface area contributed by atoms with Gasteiger partial charge in [0, 0.05) is 12.4 Å². The van der Waals surface area contributed by atoms with Crippen LogP contribution in [0.5, 0.6) is 0 Å². The molecule has 1 heterocycles. The van der Waals surface area contributed by atoms with Crippen molar-refractivity contribution in [3.63, 3.8) is 0 Å². The monoisotopic (exact) mass is 259 g/mol. The molecule has 0 amide bonds. The molecule has 2 unspecified atom stereocenters. The number of hydrogen-bond acceptors (Lipinski definition) is 1. The zero-order chi connectivity index (χ0) is 10.7. The third-order valence-corrected chi connectivity index (χ3v) is 3.76. The quantitative estimate of drug-likeness (QED) is 0.737. The summed E-state index contributed by atoms with van der Waals surface area (Å²) in [6.45, 7) is 2.32. The molecular formula is C13H19Cl2N. The Morgan fingerprint density at radius 3 is 2.62 bits per heavy atom. The van der Waals surface area contributed by atoms with Crippen molar-refractivity contribution < 1.29 is 0 Å². The van der Waals surface area contributed by atoms with Crippen LogP contribution >= 0.6 is 24.0 Å². The second-order valence-corrected chi connectivity index (χ2v) is 4.79. The van der Waals surface area contributed by atoms with Gasteiger partial charge in [-0.05, 0) is 37.4 Å². The molecular weight excluding hydrogens is 241 g/mol. The summed E-state index contributed by atoms with van der Waals surface area (Å²) in [5.41, 5.74) is 1.45. The number of piperidine rings is 1. The summed E-state index contributed by atoms with van der Waals surface area (Å²) in [5.74, 6) is 2.02. The SMILES string of the molecule is CN1CCC(c2ccccc2)C(CCl)C1.Cl. The third kappa shape index (κ3) is 3.13. The van der Waals surface area contributed by atoms with Crippen LogP contribution in [0, 0.1) is 5.92 Å². The van der Waals surface area contributed by atoms with Gasteiger partial charge in [-0.1, -0.05) is 30.3 Å². The van der Waals surface area contributed by atoms with Crippen LogP contribution in [-0.2, 0) is 0 Å². The second-order valence-electron chi connectivity index (χ2n) is 4.48. The van der Waals surface area contributed by atoms with Crippen LogP contribution in [0.2, 0.25) is 0 Å². The van der Waals surface area contributed by atoms with Crippen LogP contribution in [0.3, 0.4) is 0 Å². The molecule has 2 atom stereocenters. The molecule has 1 aromatic carbocycles. The van der Waals surface area contributed by atoms with Gasteiger partial charge in [0.2, 0.25) is 0 Å². The van der Waals surface area contributed by atoms with Crippen molar-refractivity contribution in [3.8, 4) is 0 Å². The molecule has 0 aromatic heterocycles. The Balaban J connectivity index is 0.00000128. The maximum atomic E-state index is 6.06. The molecule has 1 aliphatic heterocycles. The third-order valence-electron chi connectivity index (χ3n) is 3.36. The molecule has 1 nitrogen and oxygen atoms in total. The van der Waals surface area contributed by atoms with Crippen LogP contribution in [0.25, 0.3) is 0 Å². The molecule has 0 N–H and O–H groups in total. The minimum atomic E-state index is 0. The van der Waals surface area contributed by atoms with Gasteiger partial charge < -0.3 is 4.90 Å². The molecule has 1 aliphatic rings. The molecule has 0 saturated carbocycles. The Morgan fingerprint density at radius 2 is 2.00 bits per heavy atom. The Hall–Kier alpha value is -0.240. The van der Waals surface area contributed by atoms with Crippen LogP contribution in [0.15, 0.2) is 30.3 Å². The number of alkyl halides is 1. The lowest BCUT2D eigenvalue weighted by molar-refractivity contribution is 0.197. The van der Waals surface area contributed by atoms with Crippen molar-refractivity contribution in [1.82, 2.24) is 4.90 Å². The fraction of sp³-hybridized carbons (Fsp3) is 0.538. The standard InChI is InChI=1S/C13H18ClN.ClH/c1-15-8-7-13(12(9-14)10-15)11-5-3-2-4-6-11;/h2-6,12-13H,7-10H2,1H3;1H. The van der Waals surface area contributed by atoms with Gasteiger partial charge >= 0.3 is 0 Å². The average Bonchev–Trinajstić information content (AvgIpc) is 2.30. The number of rotatable bonds is 2. The van der Waals surface area contributed by atoms with E-state index in [0.29, 0.717) is 11.8 Å². The lowest BCUT2D eigenvalue weighted by Crippen LogP contribution is -2.37. The largest absolute Gasteiger partial charge is 0.306 e. The molecule has 0 bridgehead atoms. The van der Waals surface area contributed by atoms with E-state index < -0.39 is 0 Å². The molecule has 2 rings (SSSR count). The maximum Gasteiger partial charge on any atom is 0.0269 e. The van der Waals surface area contributed by atoms with Gasteiger partial charge in [0.15, 0.2) is 0 Å². The van der Waals surface area contributed by atoms with Crippen LogP contribution in [0.1, 0.15) is 17.9 Å². The molecule has 0 spiro atoms. The summed E-state index contributed by atoms with van der Waals surface area (Å²) in [7, 11) is 2.18. The molecule has 0 radical (unpaired) electrons. The Kier molecular flexibility index (Phi) is 5.60. The summed E-state index contributed by atoms with van der Waals surface area (Å²) in [5, 5.41) is 0. The smallest absolute Gasteiger partial charge is 0.0269 e. The first kappa shape index (κ1) is 13.8. The van der Waals surface area contributed by atoms with Crippen LogP contribution < -0.4 is 0 Å². The van der Waals surface area contributed by atoms with E-state index in [-0.39, 0.29) is 12.4 Å². The highest BCUT2D eigenvalue weighted by Crippen LogP contribution is 2.32. The van der Waals surface area contributed by atoms with Crippen LogP contribution in [-0.4, -0.2) is 30.9 Å². The Labute approximate surface area is 109 Å². The van der Waals surface area contributed by atoms with E-state index in [0.717, 1.165) is 12.4 Å². The van der Waals surface area contributed by atoms with E-state index >= 15 is 0 Å². The van der Waals surface area contributed by atoms with E-state index in [1.165, 1.54) is 18.5 Å². The topological polar surface area (TPSA) is 3.24 Å². The van der Waals surface area contributed by atoms with Gasteiger partial charge in [0.05, 0.1) is 0 Å². The molecule has 16 heavy (non-hydrogen) atoms. The summed E-state index contributed by atoms with van der Waals surface area (Å²) in [6, 6.07) is 10.8. The number of nitrogens with zero attached hydrogens (tertiary/aromatic N) is 1. The van der Waals surface area contributed by atoms with Gasteiger partial charge in [0.25, 0.3) is 0 Å². The molecule has 1 fully saturated rings.